The second kappa shape index (κ2) is 10.4. The molecule has 0 bridgehead atoms. The summed E-state index contributed by atoms with van der Waals surface area (Å²) < 4.78 is 16.8. The van der Waals surface area contributed by atoms with Crippen LogP contribution < -0.4 is 30.0 Å². The molecular weight excluding hydrogens is 450 g/mol. The number of anilines is 2. The van der Waals surface area contributed by atoms with Crippen molar-refractivity contribution in [3.63, 3.8) is 0 Å². The largest absolute Gasteiger partial charge is 0.493 e. The Kier molecular flexibility index (Phi) is 6.91. The smallest absolute Gasteiger partial charge is 0.338 e. The van der Waals surface area contributed by atoms with E-state index in [1.807, 2.05) is 6.92 Å². The lowest BCUT2D eigenvalue weighted by Gasteiger charge is -2.18. The van der Waals surface area contributed by atoms with E-state index in [4.69, 9.17) is 14.2 Å². The summed E-state index contributed by atoms with van der Waals surface area (Å²) in [6, 6.07) is 14.9. The Morgan fingerprint density at radius 2 is 1.69 bits per heavy atom. The summed E-state index contributed by atoms with van der Waals surface area (Å²) in [6.45, 7) is 1.88. The van der Waals surface area contributed by atoms with Crippen molar-refractivity contribution in [2.75, 3.05) is 24.5 Å². The van der Waals surface area contributed by atoms with Gasteiger partial charge in [-0.1, -0.05) is 6.07 Å². The van der Waals surface area contributed by atoms with Gasteiger partial charge in [-0.25, -0.2) is 20.2 Å². The number of pyridine rings is 2. The van der Waals surface area contributed by atoms with Crippen molar-refractivity contribution in [1.82, 2.24) is 15.4 Å². The molecule has 0 saturated carbocycles. The van der Waals surface area contributed by atoms with Crippen LogP contribution in [0.25, 0.3) is 10.9 Å². The Morgan fingerprint density at radius 1 is 0.943 bits per heavy atom. The van der Waals surface area contributed by atoms with Crippen molar-refractivity contribution in [1.29, 1.82) is 0 Å². The number of hydrazine groups is 1. The van der Waals surface area contributed by atoms with Crippen molar-refractivity contribution in [2.45, 2.75) is 6.92 Å². The second-order valence-corrected chi connectivity index (χ2v) is 7.39. The number of urea groups is 1. The van der Waals surface area contributed by atoms with Gasteiger partial charge in [-0.3, -0.25) is 9.78 Å². The van der Waals surface area contributed by atoms with E-state index in [0.29, 0.717) is 46.4 Å². The second-order valence-electron chi connectivity index (χ2n) is 7.39. The number of aryl methyl sites for hydroxylation is 1. The minimum absolute atomic E-state index is 0.295. The number of rotatable bonds is 8. The standard InChI is InChI=1S/C25H23N5O5/c1-16-4-9-24(27-14-16)30(15-31)29-25(32)28-17-5-7-18(8-6-17)35-21-10-11-26-20-13-23(34-3)22(33-2)12-19(20)21/h4-15H,1-3H3,(H2,28,29,32). The maximum atomic E-state index is 12.3. The molecule has 178 valence electrons. The third-order valence-corrected chi connectivity index (χ3v) is 5.02. The van der Waals surface area contributed by atoms with Gasteiger partial charge in [0.15, 0.2) is 17.3 Å². The van der Waals surface area contributed by atoms with Crippen molar-refractivity contribution < 1.29 is 23.8 Å². The van der Waals surface area contributed by atoms with E-state index in [9.17, 15) is 9.59 Å². The number of nitrogens with zero attached hydrogens (tertiary/aromatic N) is 3. The van der Waals surface area contributed by atoms with Gasteiger partial charge in [-0.15, -0.1) is 0 Å². The zero-order chi connectivity index (χ0) is 24.8. The first-order chi connectivity index (χ1) is 17.0. The molecule has 4 aromatic rings. The highest BCUT2D eigenvalue weighted by atomic mass is 16.5. The van der Waals surface area contributed by atoms with E-state index < -0.39 is 6.03 Å². The summed E-state index contributed by atoms with van der Waals surface area (Å²) in [6.07, 6.45) is 3.71. The normalized spacial score (nSPS) is 10.4. The molecule has 0 aliphatic carbocycles. The minimum atomic E-state index is -0.602. The number of hydrogen-bond acceptors (Lipinski definition) is 7. The molecule has 0 atom stereocenters. The number of benzene rings is 2. The summed E-state index contributed by atoms with van der Waals surface area (Å²) in [5.41, 5.74) is 4.57. The van der Waals surface area contributed by atoms with Gasteiger partial charge in [0.25, 0.3) is 0 Å². The summed E-state index contributed by atoms with van der Waals surface area (Å²) in [5.74, 6) is 2.57. The first-order valence-electron chi connectivity index (χ1n) is 10.5. The van der Waals surface area contributed by atoms with Crippen LogP contribution in [0.5, 0.6) is 23.0 Å². The van der Waals surface area contributed by atoms with Crippen LogP contribution in [0.3, 0.4) is 0 Å². The molecule has 0 fully saturated rings. The molecule has 0 saturated heterocycles. The van der Waals surface area contributed by atoms with Crippen LogP contribution in [-0.4, -0.2) is 36.6 Å². The van der Waals surface area contributed by atoms with E-state index in [-0.39, 0.29) is 0 Å². The van der Waals surface area contributed by atoms with Gasteiger partial charge >= 0.3 is 6.03 Å². The number of nitrogens with one attached hydrogen (secondary N) is 2. The van der Waals surface area contributed by atoms with Crippen LogP contribution in [-0.2, 0) is 4.79 Å². The highest BCUT2D eigenvalue weighted by molar-refractivity contribution is 5.93. The molecule has 0 unspecified atom stereocenters. The van der Waals surface area contributed by atoms with E-state index in [1.165, 1.54) is 0 Å². The van der Waals surface area contributed by atoms with Gasteiger partial charge in [0.1, 0.15) is 11.5 Å². The van der Waals surface area contributed by atoms with Crippen LogP contribution in [0, 0.1) is 6.92 Å². The molecule has 35 heavy (non-hydrogen) atoms. The van der Waals surface area contributed by atoms with Gasteiger partial charge in [0.05, 0.1) is 19.7 Å². The van der Waals surface area contributed by atoms with Gasteiger partial charge < -0.3 is 19.5 Å². The maximum Gasteiger partial charge on any atom is 0.338 e. The summed E-state index contributed by atoms with van der Waals surface area (Å²) in [7, 11) is 3.13. The number of amides is 3. The van der Waals surface area contributed by atoms with Gasteiger partial charge in [0.2, 0.25) is 6.41 Å². The number of methoxy groups -OCH3 is 2. The summed E-state index contributed by atoms with van der Waals surface area (Å²) in [4.78, 5) is 32.2. The average Bonchev–Trinajstić information content (AvgIpc) is 2.88. The summed E-state index contributed by atoms with van der Waals surface area (Å²) >= 11 is 0. The molecule has 4 rings (SSSR count). The van der Waals surface area contributed by atoms with Crippen LogP contribution >= 0.6 is 0 Å². The van der Waals surface area contributed by atoms with E-state index in [0.717, 1.165) is 16.0 Å². The van der Waals surface area contributed by atoms with Gasteiger partial charge in [-0.2, -0.15) is 0 Å². The quantitative estimate of drug-likeness (QED) is 0.287. The van der Waals surface area contributed by atoms with E-state index >= 15 is 0 Å². The highest BCUT2D eigenvalue weighted by Crippen LogP contribution is 2.36. The Morgan fingerprint density at radius 3 is 2.34 bits per heavy atom. The Hall–Kier alpha value is -4.86. The van der Waals surface area contributed by atoms with Gasteiger partial charge in [0, 0.05) is 29.5 Å². The van der Waals surface area contributed by atoms with Crippen molar-refractivity contribution >= 4 is 34.8 Å². The Balaban J connectivity index is 1.44. The van der Waals surface area contributed by atoms with Crippen molar-refractivity contribution in [3.05, 3.63) is 72.6 Å². The van der Waals surface area contributed by atoms with Gasteiger partial charge in [-0.05, 0) is 55.0 Å². The highest BCUT2D eigenvalue weighted by Gasteiger charge is 2.13. The molecule has 2 heterocycles. The molecule has 0 spiro atoms. The van der Waals surface area contributed by atoms with E-state index in [2.05, 4.69) is 20.7 Å². The SMILES string of the molecule is COc1cc2nccc(Oc3ccc(NC(=O)NN(C=O)c4ccc(C)cn4)cc3)c2cc1OC. The lowest BCUT2D eigenvalue weighted by atomic mass is 10.2. The number of aromatic nitrogens is 2. The average molecular weight is 473 g/mol. The molecule has 0 aliphatic rings. The fourth-order valence-electron chi connectivity index (χ4n) is 3.28. The third-order valence-electron chi connectivity index (χ3n) is 5.02. The topological polar surface area (TPSA) is 115 Å². The first kappa shape index (κ1) is 23.3. The third kappa shape index (κ3) is 5.38. The lowest BCUT2D eigenvalue weighted by Crippen LogP contribution is -2.44. The van der Waals surface area contributed by atoms with Crippen LogP contribution in [0.1, 0.15) is 5.56 Å². The number of hydrogen-bond donors (Lipinski definition) is 2. The zero-order valence-corrected chi connectivity index (χ0v) is 19.3. The molecule has 0 aliphatic heterocycles. The Bertz CT molecular complexity index is 1340. The van der Waals surface area contributed by atoms with E-state index in [1.54, 1.807) is 81.2 Å². The van der Waals surface area contributed by atoms with Crippen LogP contribution in [0.4, 0.5) is 16.3 Å². The van der Waals surface area contributed by atoms with Crippen LogP contribution in [0.2, 0.25) is 0 Å². The first-order valence-corrected chi connectivity index (χ1v) is 10.5. The molecule has 2 N–H and O–H groups in total. The molecule has 2 aromatic heterocycles. The fraction of sp³-hybridized carbons (Fsp3) is 0.120. The number of fused-ring (bicyclic) bond motifs is 1. The van der Waals surface area contributed by atoms with Crippen molar-refractivity contribution in [3.8, 4) is 23.0 Å². The predicted molar refractivity (Wildman–Crippen MR) is 131 cm³/mol. The molecule has 0 radical (unpaired) electrons. The maximum absolute atomic E-state index is 12.3. The number of ether oxygens (including phenoxy) is 3. The van der Waals surface area contributed by atoms with Crippen molar-refractivity contribution in [2.24, 2.45) is 0 Å². The summed E-state index contributed by atoms with van der Waals surface area (Å²) in [5, 5.41) is 4.41. The molecule has 2 aromatic carbocycles. The van der Waals surface area contributed by atoms with Crippen LogP contribution in [0.15, 0.2) is 67.0 Å². The monoisotopic (exact) mass is 473 g/mol. The molecule has 10 heteroatoms. The fourth-order valence-corrected chi connectivity index (χ4v) is 3.28. The number of carbonyl (C=O) groups excluding carboxylic acids is 2. The zero-order valence-electron chi connectivity index (χ0n) is 19.3. The predicted octanol–water partition coefficient (Wildman–Crippen LogP) is 4.45. The molecule has 10 nitrogen and oxygen atoms in total. The Labute approximate surface area is 201 Å². The molecule has 3 amide bonds. The minimum Gasteiger partial charge on any atom is -0.493 e. The lowest BCUT2D eigenvalue weighted by molar-refractivity contribution is -0.107. The molecular formula is C25H23N5O5. The number of carbonyl (C=O) groups is 2.